The smallest absolute Gasteiger partial charge is 0.414 e. The molecule has 6 nitrogen and oxygen atoms in total. The highest BCUT2D eigenvalue weighted by Gasteiger charge is 2.27. The van der Waals surface area contributed by atoms with Crippen LogP contribution in [-0.4, -0.2) is 24.3 Å². The molecule has 0 unspecified atom stereocenters. The lowest BCUT2D eigenvalue weighted by molar-refractivity contribution is 0.0578. The Balaban J connectivity index is 1.63. The average Bonchev–Trinajstić information content (AvgIpc) is 2.65. The highest BCUT2D eigenvalue weighted by atomic mass is 19.1. The second-order valence-corrected chi connectivity index (χ2v) is 8.01. The topological polar surface area (TPSA) is 70.7 Å². The van der Waals surface area contributed by atoms with Gasteiger partial charge in [-0.2, -0.15) is 0 Å². The van der Waals surface area contributed by atoms with Crippen LogP contribution in [0.25, 0.3) is 0 Å². The lowest BCUT2D eigenvalue weighted by Gasteiger charge is -2.32. The quantitative estimate of drug-likeness (QED) is 0.776. The van der Waals surface area contributed by atoms with Gasteiger partial charge in [0.25, 0.3) is 0 Å². The number of benzene rings is 2. The van der Waals surface area contributed by atoms with Crippen LogP contribution in [0.4, 0.5) is 25.4 Å². The highest BCUT2D eigenvalue weighted by Crippen LogP contribution is 2.31. The third-order valence-corrected chi connectivity index (χ3v) is 4.44. The Labute approximate surface area is 170 Å². The van der Waals surface area contributed by atoms with E-state index in [-0.39, 0.29) is 17.9 Å². The minimum absolute atomic E-state index is 0.295. The summed E-state index contributed by atoms with van der Waals surface area (Å²) in [5.41, 5.74) is 2.69. The number of rotatable bonds is 3. The lowest BCUT2D eigenvalue weighted by Crippen LogP contribution is -2.39. The van der Waals surface area contributed by atoms with Crippen molar-refractivity contribution >= 4 is 23.5 Å². The molecule has 2 aromatic carbocycles. The summed E-state index contributed by atoms with van der Waals surface area (Å²) in [5.74, 6) is -0.312. The monoisotopic (exact) mass is 399 g/mol. The molecule has 1 aliphatic heterocycles. The molecule has 0 saturated heterocycles. The summed E-state index contributed by atoms with van der Waals surface area (Å²) in [6, 6.07) is 11.1. The van der Waals surface area contributed by atoms with Crippen LogP contribution in [0.3, 0.4) is 0 Å². The fourth-order valence-corrected chi connectivity index (χ4v) is 3.14. The van der Waals surface area contributed by atoms with E-state index in [1.165, 1.54) is 12.1 Å². The van der Waals surface area contributed by atoms with Gasteiger partial charge in [-0.1, -0.05) is 12.1 Å². The molecule has 2 aromatic rings. The summed E-state index contributed by atoms with van der Waals surface area (Å²) >= 11 is 0. The number of ether oxygens (including phenoxy) is 1. The first-order chi connectivity index (χ1) is 13.7. The molecular weight excluding hydrogens is 373 g/mol. The molecule has 3 rings (SSSR count). The second-order valence-electron chi connectivity index (χ2n) is 8.01. The molecule has 0 fully saturated rings. The molecule has 0 radical (unpaired) electrons. The van der Waals surface area contributed by atoms with Crippen molar-refractivity contribution in [2.24, 2.45) is 0 Å². The van der Waals surface area contributed by atoms with E-state index in [1.54, 1.807) is 23.1 Å². The van der Waals surface area contributed by atoms with Crippen LogP contribution in [0.2, 0.25) is 0 Å². The maximum absolute atomic E-state index is 12.9. The predicted octanol–water partition coefficient (Wildman–Crippen LogP) is 4.84. The van der Waals surface area contributed by atoms with E-state index in [0.29, 0.717) is 18.8 Å². The van der Waals surface area contributed by atoms with Crippen LogP contribution in [0.15, 0.2) is 42.5 Å². The third-order valence-electron chi connectivity index (χ3n) is 4.44. The first kappa shape index (κ1) is 20.6. The maximum Gasteiger partial charge on any atom is 0.414 e. The average molecular weight is 399 g/mol. The summed E-state index contributed by atoms with van der Waals surface area (Å²) in [6.07, 6.45) is 1.28. The van der Waals surface area contributed by atoms with E-state index in [0.717, 1.165) is 29.7 Å². The number of fused-ring (bicyclic) bond motifs is 1. The first-order valence-electron chi connectivity index (χ1n) is 9.64. The second kappa shape index (κ2) is 8.51. The SMILES string of the molecule is CC(C)(C)OC(=O)N1CCCc2cc(NC(=O)NCc3ccc(F)cc3)ccc21. The number of urea groups is 1. The molecule has 154 valence electrons. The molecule has 2 N–H and O–H groups in total. The van der Waals surface area contributed by atoms with Gasteiger partial charge in [0.15, 0.2) is 0 Å². The Morgan fingerprint density at radius 1 is 1.14 bits per heavy atom. The van der Waals surface area contributed by atoms with E-state index in [9.17, 15) is 14.0 Å². The zero-order chi connectivity index (χ0) is 21.0. The van der Waals surface area contributed by atoms with Crippen LogP contribution in [0.1, 0.15) is 38.3 Å². The molecule has 0 aliphatic carbocycles. The Bertz CT molecular complexity index is 891. The number of amides is 3. The molecule has 0 saturated carbocycles. The Morgan fingerprint density at radius 3 is 2.55 bits per heavy atom. The lowest BCUT2D eigenvalue weighted by atomic mass is 10.0. The largest absolute Gasteiger partial charge is 0.443 e. The number of anilines is 2. The summed E-state index contributed by atoms with van der Waals surface area (Å²) in [7, 11) is 0. The van der Waals surface area contributed by atoms with Gasteiger partial charge in [0.05, 0.1) is 5.69 Å². The van der Waals surface area contributed by atoms with Crippen molar-refractivity contribution in [1.82, 2.24) is 5.32 Å². The van der Waals surface area contributed by atoms with Crippen molar-refractivity contribution in [3.05, 3.63) is 59.4 Å². The molecule has 29 heavy (non-hydrogen) atoms. The number of carbonyl (C=O) groups excluding carboxylic acids is 2. The molecule has 7 heteroatoms. The molecule has 3 amide bonds. The van der Waals surface area contributed by atoms with Crippen LogP contribution in [-0.2, 0) is 17.7 Å². The molecule has 0 aromatic heterocycles. The van der Waals surface area contributed by atoms with Gasteiger partial charge in [-0.25, -0.2) is 14.0 Å². The number of nitrogens with zero attached hydrogens (tertiary/aromatic N) is 1. The number of aryl methyl sites for hydroxylation is 1. The highest BCUT2D eigenvalue weighted by molar-refractivity contribution is 5.92. The summed E-state index contributed by atoms with van der Waals surface area (Å²) < 4.78 is 18.4. The zero-order valence-corrected chi connectivity index (χ0v) is 16.9. The number of carbonyl (C=O) groups is 2. The Kier molecular flexibility index (Phi) is 6.06. The summed E-state index contributed by atoms with van der Waals surface area (Å²) in [5, 5.41) is 5.54. The van der Waals surface area contributed by atoms with E-state index in [2.05, 4.69) is 10.6 Å². The van der Waals surface area contributed by atoms with Crippen molar-refractivity contribution in [2.75, 3.05) is 16.8 Å². The van der Waals surface area contributed by atoms with Crippen LogP contribution in [0, 0.1) is 5.82 Å². The molecular formula is C22H26FN3O3. The van der Waals surface area contributed by atoms with Crippen molar-refractivity contribution < 1.29 is 18.7 Å². The minimum atomic E-state index is -0.557. The molecule has 0 bridgehead atoms. The van der Waals surface area contributed by atoms with Gasteiger partial charge < -0.3 is 15.4 Å². The number of hydrogen-bond acceptors (Lipinski definition) is 3. The van der Waals surface area contributed by atoms with Gasteiger partial charge in [0.1, 0.15) is 11.4 Å². The summed E-state index contributed by atoms with van der Waals surface area (Å²) in [6.45, 7) is 6.42. The summed E-state index contributed by atoms with van der Waals surface area (Å²) in [4.78, 5) is 26.3. The number of nitrogens with one attached hydrogen (secondary N) is 2. The standard InChI is InChI=1S/C22H26FN3O3/c1-22(2,3)29-21(28)26-12-4-5-16-13-18(10-11-19(16)26)25-20(27)24-14-15-6-8-17(23)9-7-15/h6-11,13H,4-5,12,14H2,1-3H3,(H2,24,25,27). The van der Waals surface area contributed by atoms with E-state index < -0.39 is 5.60 Å². The van der Waals surface area contributed by atoms with Crippen molar-refractivity contribution in [2.45, 2.75) is 45.8 Å². The van der Waals surface area contributed by atoms with Crippen molar-refractivity contribution in [3.63, 3.8) is 0 Å². The van der Waals surface area contributed by atoms with Gasteiger partial charge in [0.2, 0.25) is 0 Å². The Morgan fingerprint density at radius 2 is 1.86 bits per heavy atom. The van der Waals surface area contributed by atoms with Gasteiger partial charge in [-0.3, -0.25) is 4.90 Å². The van der Waals surface area contributed by atoms with E-state index in [4.69, 9.17) is 4.74 Å². The minimum Gasteiger partial charge on any atom is -0.443 e. The Hall–Kier alpha value is -3.09. The third kappa shape index (κ3) is 5.70. The van der Waals surface area contributed by atoms with E-state index >= 15 is 0 Å². The van der Waals surface area contributed by atoms with Crippen molar-refractivity contribution in [3.8, 4) is 0 Å². The number of hydrogen-bond donors (Lipinski definition) is 2. The molecule has 1 aliphatic rings. The van der Waals surface area contributed by atoms with Gasteiger partial charge in [0, 0.05) is 18.8 Å². The first-order valence-corrected chi connectivity index (χ1v) is 9.64. The fourth-order valence-electron chi connectivity index (χ4n) is 3.14. The van der Waals surface area contributed by atoms with Gasteiger partial charge in [-0.15, -0.1) is 0 Å². The molecule has 1 heterocycles. The zero-order valence-electron chi connectivity index (χ0n) is 16.9. The van der Waals surface area contributed by atoms with Crippen LogP contribution in [0.5, 0.6) is 0 Å². The van der Waals surface area contributed by atoms with E-state index in [1.807, 2.05) is 32.9 Å². The fraction of sp³-hybridized carbons (Fsp3) is 0.364. The normalized spacial score (nSPS) is 13.4. The van der Waals surface area contributed by atoms with Gasteiger partial charge >= 0.3 is 12.1 Å². The maximum atomic E-state index is 12.9. The predicted molar refractivity (Wildman–Crippen MR) is 111 cm³/mol. The van der Waals surface area contributed by atoms with Crippen LogP contribution < -0.4 is 15.5 Å². The van der Waals surface area contributed by atoms with Gasteiger partial charge in [-0.05, 0) is 75.1 Å². The molecule has 0 spiro atoms. The van der Waals surface area contributed by atoms with Crippen molar-refractivity contribution in [1.29, 1.82) is 0 Å². The molecule has 0 atom stereocenters. The van der Waals surface area contributed by atoms with Crippen LogP contribution >= 0.6 is 0 Å². The number of halogens is 1.